The molecule has 1 unspecified atom stereocenters. The van der Waals surface area contributed by atoms with Crippen molar-refractivity contribution in [1.82, 2.24) is 0 Å². The summed E-state index contributed by atoms with van der Waals surface area (Å²) in [6, 6.07) is 5.95. The molecule has 0 bridgehead atoms. The molecule has 0 aliphatic carbocycles. The second-order valence-corrected chi connectivity index (χ2v) is 4.78. The average molecular weight is 245 g/mol. The number of nitrogens with one attached hydrogen (secondary N) is 1. The number of nitrogens with two attached hydrogens (primary N) is 1. The zero-order valence-corrected chi connectivity index (χ0v) is 10.7. The zero-order valence-electron chi connectivity index (χ0n) is 9.09. The van der Waals surface area contributed by atoms with E-state index in [1.165, 1.54) is 0 Å². The molecule has 4 heteroatoms. The van der Waals surface area contributed by atoms with E-state index in [1.807, 2.05) is 23.9 Å². The van der Waals surface area contributed by atoms with E-state index in [9.17, 15) is 0 Å². The van der Waals surface area contributed by atoms with Crippen LogP contribution >= 0.6 is 23.4 Å². The molecule has 1 aromatic carbocycles. The van der Waals surface area contributed by atoms with Crippen molar-refractivity contribution in [1.29, 1.82) is 0 Å². The van der Waals surface area contributed by atoms with Gasteiger partial charge in [-0.15, -0.1) is 0 Å². The number of nitrogen functional groups attached to an aromatic ring is 1. The molecule has 0 amide bonds. The summed E-state index contributed by atoms with van der Waals surface area (Å²) in [5, 5.41) is 4.12. The molecule has 84 valence electrons. The molecule has 0 radical (unpaired) electrons. The maximum absolute atomic E-state index is 5.92. The van der Waals surface area contributed by atoms with Crippen LogP contribution in [0, 0.1) is 0 Å². The monoisotopic (exact) mass is 244 g/mol. The van der Waals surface area contributed by atoms with Crippen LogP contribution in [0.1, 0.15) is 13.3 Å². The Labute approximate surface area is 101 Å². The van der Waals surface area contributed by atoms with Crippen molar-refractivity contribution in [2.24, 2.45) is 0 Å². The molecule has 15 heavy (non-hydrogen) atoms. The molecular formula is C11H17ClN2S. The molecule has 0 fully saturated rings. The summed E-state index contributed by atoms with van der Waals surface area (Å²) in [5.41, 5.74) is 7.54. The van der Waals surface area contributed by atoms with Crippen molar-refractivity contribution in [2.45, 2.75) is 19.4 Å². The van der Waals surface area contributed by atoms with E-state index in [-0.39, 0.29) is 0 Å². The predicted molar refractivity (Wildman–Crippen MR) is 71.9 cm³/mol. The first-order valence-electron chi connectivity index (χ1n) is 4.97. The Kier molecular flexibility index (Phi) is 5.12. The lowest BCUT2D eigenvalue weighted by Gasteiger charge is -2.18. The van der Waals surface area contributed by atoms with Gasteiger partial charge in [-0.3, -0.25) is 0 Å². The minimum atomic E-state index is 0.445. The molecule has 0 aromatic heterocycles. The zero-order chi connectivity index (χ0) is 11.3. The van der Waals surface area contributed by atoms with Crippen LogP contribution in [0.5, 0.6) is 0 Å². The van der Waals surface area contributed by atoms with Gasteiger partial charge >= 0.3 is 0 Å². The number of hydrogen-bond acceptors (Lipinski definition) is 3. The first-order chi connectivity index (χ1) is 7.17. The highest BCUT2D eigenvalue weighted by Crippen LogP contribution is 2.24. The summed E-state index contributed by atoms with van der Waals surface area (Å²) in [5.74, 6) is 1.07. The molecule has 0 aliphatic heterocycles. The predicted octanol–water partition coefficient (Wildman–Crippen LogP) is 3.48. The molecule has 2 nitrogen and oxygen atoms in total. The van der Waals surface area contributed by atoms with Gasteiger partial charge in [0.15, 0.2) is 0 Å². The van der Waals surface area contributed by atoms with Crippen molar-refractivity contribution in [2.75, 3.05) is 23.1 Å². The maximum atomic E-state index is 5.92. The van der Waals surface area contributed by atoms with Gasteiger partial charge in [0.1, 0.15) is 0 Å². The Morgan fingerprint density at radius 3 is 2.87 bits per heavy atom. The number of hydrogen-bond donors (Lipinski definition) is 2. The smallest absolute Gasteiger partial charge is 0.0591 e. The lowest BCUT2D eigenvalue weighted by molar-refractivity contribution is 0.775. The number of anilines is 2. The topological polar surface area (TPSA) is 38.0 Å². The standard InChI is InChI=1S/C11H17ClN2S/c1-3-9(7-15-2)14-11-6-8(12)4-5-10(11)13/h4-6,9,14H,3,7,13H2,1-2H3. The summed E-state index contributed by atoms with van der Waals surface area (Å²) in [6.07, 6.45) is 3.18. The first-order valence-corrected chi connectivity index (χ1v) is 6.75. The largest absolute Gasteiger partial charge is 0.397 e. The van der Waals surface area contributed by atoms with E-state index < -0.39 is 0 Å². The second kappa shape index (κ2) is 6.13. The fourth-order valence-electron chi connectivity index (χ4n) is 1.34. The van der Waals surface area contributed by atoms with Crippen LogP contribution in [0.3, 0.4) is 0 Å². The van der Waals surface area contributed by atoms with E-state index >= 15 is 0 Å². The van der Waals surface area contributed by atoms with E-state index in [0.717, 1.165) is 23.5 Å². The van der Waals surface area contributed by atoms with E-state index in [0.29, 0.717) is 11.1 Å². The van der Waals surface area contributed by atoms with Gasteiger partial charge in [-0.05, 0) is 30.9 Å². The van der Waals surface area contributed by atoms with Crippen LogP contribution in [0.25, 0.3) is 0 Å². The third-order valence-electron chi connectivity index (χ3n) is 2.24. The van der Waals surface area contributed by atoms with Gasteiger partial charge in [0.05, 0.1) is 11.4 Å². The van der Waals surface area contributed by atoms with Crippen molar-refractivity contribution in [3.05, 3.63) is 23.2 Å². The van der Waals surface area contributed by atoms with Gasteiger partial charge in [0.25, 0.3) is 0 Å². The lowest BCUT2D eigenvalue weighted by atomic mass is 10.2. The van der Waals surface area contributed by atoms with Crippen LogP contribution < -0.4 is 11.1 Å². The molecule has 1 aromatic rings. The maximum Gasteiger partial charge on any atom is 0.0591 e. The Morgan fingerprint density at radius 2 is 2.27 bits per heavy atom. The highest BCUT2D eigenvalue weighted by molar-refractivity contribution is 7.98. The Bertz CT molecular complexity index is 317. The number of benzene rings is 1. The van der Waals surface area contributed by atoms with E-state index in [2.05, 4.69) is 18.5 Å². The molecule has 0 heterocycles. The molecule has 0 saturated carbocycles. The number of thioether (sulfide) groups is 1. The van der Waals surface area contributed by atoms with Crippen LogP contribution in [0.4, 0.5) is 11.4 Å². The minimum absolute atomic E-state index is 0.445. The summed E-state index contributed by atoms with van der Waals surface area (Å²) in [7, 11) is 0. The van der Waals surface area contributed by atoms with Crippen LogP contribution in [0.15, 0.2) is 18.2 Å². The van der Waals surface area contributed by atoms with Crippen LogP contribution in [-0.2, 0) is 0 Å². The SMILES string of the molecule is CCC(CSC)Nc1cc(Cl)ccc1N. The molecule has 0 aliphatic rings. The van der Waals surface area contributed by atoms with Gasteiger partial charge in [-0.25, -0.2) is 0 Å². The summed E-state index contributed by atoms with van der Waals surface area (Å²) in [6.45, 7) is 2.16. The lowest BCUT2D eigenvalue weighted by Crippen LogP contribution is -2.21. The van der Waals surface area contributed by atoms with E-state index in [1.54, 1.807) is 6.07 Å². The van der Waals surface area contributed by atoms with Gasteiger partial charge in [0.2, 0.25) is 0 Å². The fourth-order valence-corrected chi connectivity index (χ4v) is 2.23. The Hall–Kier alpha value is -0.540. The van der Waals surface area contributed by atoms with Crippen molar-refractivity contribution < 1.29 is 0 Å². The quantitative estimate of drug-likeness (QED) is 0.779. The molecule has 0 saturated heterocycles. The second-order valence-electron chi connectivity index (χ2n) is 3.44. The summed E-state index contributed by atoms with van der Waals surface area (Å²) in [4.78, 5) is 0. The molecule has 1 rings (SSSR count). The Morgan fingerprint density at radius 1 is 1.53 bits per heavy atom. The third kappa shape index (κ3) is 3.84. The third-order valence-corrected chi connectivity index (χ3v) is 3.21. The highest BCUT2D eigenvalue weighted by Gasteiger charge is 2.07. The Balaban J connectivity index is 2.73. The fraction of sp³-hybridized carbons (Fsp3) is 0.455. The minimum Gasteiger partial charge on any atom is -0.397 e. The van der Waals surface area contributed by atoms with Crippen LogP contribution in [0.2, 0.25) is 5.02 Å². The normalized spacial score (nSPS) is 12.5. The molecular weight excluding hydrogens is 228 g/mol. The first kappa shape index (κ1) is 12.5. The van der Waals surface area contributed by atoms with Crippen molar-refractivity contribution >= 4 is 34.7 Å². The number of rotatable bonds is 5. The van der Waals surface area contributed by atoms with Gasteiger partial charge in [0, 0.05) is 16.8 Å². The summed E-state index contributed by atoms with van der Waals surface area (Å²) >= 11 is 7.75. The van der Waals surface area contributed by atoms with Gasteiger partial charge < -0.3 is 11.1 Å². The van der Waals surface area contributed by atoms with Crippen molar-refractivity contribution in [3.63, 3.8) is 0 Å². The van der Waals surface area contributed by atoms with Gasteiger partial charge in [-0.2, -0.15) is 11.8 Å². The van der Waals surface area contributed by atoms with Crippen LogP contribution in [-0.4, -0.2) is 18.1 Å². The van der Waals surface area contributed by atoms with Crippen molar-refractivity contribution in [3.8, 4) is 0 Å². The highest BCUT2D eigenvalue weighted by atomic mass is 35.5. The van der Waals surface area contributed by atoms with Gasteiger partial charge in [-0.1, -0.05) is 18.5 Å². The number of halogens is 1. The molecule has 3 N–H and O–H groups in total. The molecule has 1 atom stereocenters. The summed E-state index contributed by atoms with van der Waals surface area (Å²) < 4.78 is 0. The molecule has 0 spiro atoms. The van der Waals surface area contributed by atoms with E-state index in [4.69, 9.17) is 17.3 Å². The average Bonchev–Trinajstić information content (AvgIpc) is 2.22.